The van der Waals surface area contributed by atoms with Crippen LogP contribution in [0.4, 0.5) is 17.1 Å². The molecule has 2 N–H and O–H groups in total. The number of rotatable bonds is 7. The van der Waals surface area contributed by atoms with Crippen LogP contribution in [0, 0.1) is 10.1 Å². The van der Waals surface area contributed by atoms with Gasteiger partial charge in [-0.1, -0.05) is 11.6 Å². The van der Waals surface area contributed by atoms with Crippen molar-refractivity contribution in [1.29, 1.82) is 0 Å². The predicted octanol–water partition coefficient (Wildman–Crippen LogP) is 3.91. The molecule has 0 atom stereocenters. The number of benzene rings is 2. The second-order valence-corrected chi connectivity index (χ2v) is 7.96. The Morgan fingerprint density at radius 1 is 1.20 bits per heavy atom. The van der Waals surface area contributed by atoms with Crippen LogP contribution in [0.15, 0.2) is 36.4 Å². The van der Waals surface area contributed by atoms with E-state index in [1.165, 1.54) is 6.07 Å². The van der Waals surface area contributed by atoms with Crippen LogP contribution < -0.4 is 10.6 Å². The van der Waals surface area contributed by atoms with Crippen molar-refractivity contribution in [3.63, 3.8) is 0 Å². The number of nitrogens with zero attached hydrogens (tertiary/aromatic N) is 2. The number of halogens is 1. The molecule has 158 valence electrons. The Morgan fingerprint density at radius 2 is 1.97 bits per heavy atom. The average molecular weight is 431 g/mol. The molecular formula is C21H23ClN4O4. The van der Waals surface area contributed by atoms with Gasteiger partial charge in [0.1, 0.15) is 5.69 Å². The van der Waals surface area contributed by atoms with E-state index in [9.17, 15) is 14.9 Å². The lowest BCUT2D eigenvalue weighted by atomic mass is 10.1. The Kier molecular flexibility index (Phi) is 6.17. The Hall–Kier alpha value is -2.68. The van der Waals surface area contributed by atoms with Gasteiger partial charge in [0, 0.05) is 48.0 Å². The van der Waals surface area contributed by atoms with E-state index in [0.29, 0.717) is 36.2 Å². The molecule has 1 aliphatic heterocycles. The van der Waals surface area contributed by atoms with Crippen LogP contribution in [0.2, 0.25) is 5.02 Å². The second-order valence-electron chi connectivity index (χ2n) is 7.56. The van der Waals surface area contributed by atoms with E-state index >= 15 is 0 Å². The van der Waals surface area contributed by atoms with Crippen molar-refractivity contribution in [2.75, 3.05) is 36.9 Å². The molecule has 1 aliphatic carbocycles. The fraction of sp³-hybridized carbons (Fsp3) is 0.381. The van der Waals surface area contributed by atoms with Crippen LogP contribution in [-0.4, -0.2) is 48.1 Å². The highest BCUT2D eigenvalue weighted by molar-refractivity contribution is 6.31. The number of amides is 1. The summed E-state index contributed by atoms with van der Waals surface area (Å²) in [6.07, 6.45) is 2.01. The van der Waals surface area contributed by atoms with Crippen LogP contribution in [0.25, 0.3) is 0 Å². The van der Waals surface area contributed by atoms with E-state index in [2.05, 4.69) is 15.5 Å². The Morgan fingerprint density at radius 3 is 2.67 bits per heavy atom. The van der Waals surface area contributed by atoms with Crippen LogP contribution in [0.1, 0.15) is 28.8 Å². The first-order valence-corrected chi connectivity index (χ1v) is 10.3. The molecule has 1 saturated heterocycles. The van der Waals surface area contributed by atoms with E-state index in [1.54, 1.807) is 24.3 Å². The summed E-state index contributed by atoms with van der Waals surface area (Å²) in [5.74, 6) is -0.407. The number of morpholine rings is 1. The minimum absolute atomic E-state index is 0.0985. The quantitative estimate of drug-likeness (QED) is 0.510. The predicted molar refractivity (Wildman–Crippen MR) is 115 cm³/mol. The molecule has 1 saturated carbocycles. The molecule has 4 rings (SSSR count). The summed E-state index contributed by atoms with van der Waals surface area (Å²) in [7, 11) is 0. The lowest BCUT2D eigenvalue weighted by Gasteiger charge is -2.27. The fourth-order valence-corrected chi connectivity index (χ4v) is 3.55. The first-order chi connectivity index (χ1) is 14.5. The third-order valence-electron chi connectivity index (χ3n) is 5.19. The van der Waals surface area contributed by atoms with Crippen LogP contribution in [0.5, 0.6) is 0 Å². The summed E-state index contributed by atoms with van der Waals surface area (Å²) in [5, 5.41) is 18.0. The number of nitro benzene ring substituents is 1. The molecule has 8 nitrogen and oxygen atoms in total. The number of hydrogen-bond donors (Lipinski definition) is 2. The van der Waals surface area contributed by atoms with Gasteiger partial charge in [0.05, 0.1) is 18.1 Å². The molecule has 1 heterocycles. The highest BCUT2D eigenvalue weighted by atomic mass is 35.5. The summed E-state index contributed by atoms with van der Waals surface area (Å²) in [5.41, 5.74) is 2.08. The van der Waals surface area contributed by atoms with Gasteiger partial charge in [-0.05, 0) is 48.7 Å². The maximum Gasteiger partial charge on any atom is 0.293 e. The van der Waals surface area contributed by atoms with Crippen molar-refractivity contribution in [2.45, 2.75) is 25.4 Å². The number of nitrogens with one attached hydrogen (secondary N) is 2. The monoisotopic (exact) mass is 430 g/mol. The number of carbonyl (C=O) groups is 1. The maximum atomic E-state index is 12.7. The minimum Gasteiger partial charge on any atom is -0.379 e. The van der Waals surface area contributed by atoms with E-state index < -0.39 is 10.8 Å². The van der Waals surface area contributed by atoms with Crippen molar-refractivity contribution >= 4 is 34.6 Å². The fourth-order valence-electron chi connectivity index (χ4n) is 3.37. The molecule has 0 spiro atoms. The van der Waals surface area contributed by atoms with Gasteiger partial charge in [0.25, 0.3) is 11.6 Å². The smallest absolute Gasteiger partial charge is 0.293 e. The lowest BCUT2D eigenvalue weighted by molar-refractivity contribution is -0.384. The van der Waals surface area contributed by atoms with Gasteiger partial charge in [0.2, 0.25) is 0 Å². The largest absolute Gasteiger partial charge is 0.379 e. The van der Waals surface area contributed by atoms with Crippen molar-refractivity contribution in [1.82, 2.24) is 4.90 Å². The van der Waals surface area contributed by atoms with Crippen LogP contribution in [0.3, 0.4) is 0 Å². The zero-order valence-electron chi connectivity index (χ0n) is 16.4. The number of nitro groups is 1. The third-order valence-corrected chi connectivity index (χ3v) is 5.56. The summed E-state index contributed by atoms with van der Waals surface area (Å²) in [6, 6.07) is 10.1. The molecule has 2 aromatic carbocycles. The molecule has 0 bridgehead atoms. The van der Waals surface area contributed by atoms with Crippen LogP contribution >= 0.6 is 11.6 Å². The zero-order valence-corrected chi connectivity index (χ0v) is 17.2. The van der Waals surface area contributed by atoms with Gasteiger partial charge in [-0.25, -0.2) is 0 Å². The average Bonchev–Trinajstić information content (AvgIpc) is 3.55. The standard InChI is InChI=1S/C21H23ClN4O4/c22-18-5-4-17(11-15(18)13-25-7-9-30-10-8-25)24-21(27)14-1-6-19(23-16-2-3-16)20(12-14)26(28)29/h1,4-6,11-12,16,23H,2-3,7-10,13H2,(H,24,27). The van der Waals surface area contributed by atoms with Gasteiger partial charge in [-0.2, -0.15) is 0 Å². The first kappa shape index (κ1) is 20.6. The third kappa shape index (κ3) is 5.08. The van der Waals surface area contributed by atoms with Crippen molar-refractivity contribution in [2.24, 2.45) is 0 Å². The molecule has 1 amide bonds. The summed E-state index contributed by atoms with van der Waals surface area (Å²) in [6.45, 7) is 3.71. The van der Waals surface area contributed by atoms with E-state index in [-0.39, 0.29) is 17.3 Å². The normalized spacial score (nSPS) is 16.8. The van der Waals surface area contributed by atoms with Gasteiger partial charge < -0.3 is 15.4 Å². The molecule has 0 radical (unpaired) electrons. The Labute approximate surface area is 179 Å². The molecule has 2 aromatic rings. The van der Waals surface area contributed by atoms with Gasteiger partial charge in [0.15, 0.2) is 0 Å². The van der Waals surface area contributed by atoms with Gasteiger partial charge in [-0.3, -0.25) is 19.8 Å². The van der Waals surface area contributed by atoms with E-state index in [1.807, 2.05) is 6.07 Å². The number of carbonyl (C=O) groups excluding carboxylic acids is 1. The molecule has 0 unspecified atom stereocenters. The number of anilines is 2. The molecular weight excluding hydrogens is 408 g/mol. The summed E-state index contributed by atoms with van der Waals surface area (Å²) < 4.78 is 5.37. The van der Waals surface area contributed by atoms with Crippen molar-refractivity contribution in [3.05, 3.63) is 62.7 Å². The SMILES string of the molecule is O=C(Nc1ccc(Cl)c(CN2CCOCC2)c1)c1ccc(NC2CC2)c([N+](=O)[O-])c1. The Bertz CT molecular complexity index is 958. The highest BCUT2D eigenvalue weighted by Gasteiger charge is 2.25. The zero-order chi connectivity index (χ0) is 21.1. The van der Waals surface area contributed by atoms with Crippen molar-refractivity contribution < 1.29 is 14.5 Å². The van der Waals surface area contributed by atoms with Crippen molar-refractivity contribution in [3.8, 4) is 0 Å². The summed E-state index contributed by atoms with van der Waals surface area (Å²) >= 11 is 6.34. The molecule has 2 fully saturated rings. The second kappa shape index (κ2) is 8.99. The highest BCUT2D eigenvalue weighted by Crippen LogP contribution is 2.32. The molecule has 2 aliphatic rings. The lowest BCUT2D eigenvalue weighted by Crippen LogP contribution is -2.35. The topological polar surface area (TPSA) is 96.7 Å². The maximum absolute atomic E-state index is 12.7. The number of hydrogen-bond acceptors (Lipinski definition) is 6. The first-order valence-electron chi connectivity index (χ1n) is 9.94. The van der Waals surface area contributed by atoms with E-state index in [4.69, 9.17) is 16.3 Å². The minimum atomic E-state index is -0.468. The molecule has 9 heteroatoms. The molecule has 0 aromatic heterocycles. The van der Waals surface area contributed by atoms with Gasteiger partial charge >= 0.3 is 0 Å². The Balaban J connectivity index is 1.48. The molecule has 30 heavy (non-hydrogen) atoms. The van der Waals surface area contributed by atoms with E-state index in [0.717, 1.165) is 31.5 Å². The van der Waals surface area contributed by atoms with Gasteiger partial charge in [-0.15, -0.1) is 0 Å². The summed E-state index contributed by atoms with van der Waals surface area (Å²) in [4.78, 5) is 25.9. The number of ether oxygens (including phenoxy) is 1. The van der Waals surface area contributed by atoms with Crippen LogP contribution in [-0.2, 0) is 11.3 Å².